The molecular weight excluding hydrogens is 733 g/mol. The number of amides is 2. The molecule has 12 nitrogen and oxygen atoms in total. The monoisotopic (exact) mass is 782 g/mol. The highest BCUT2D eigenvalue weighted by Gasteiger charge is 2.26. The summed E-state index contributed by atoms with van der Waals surface area (Å²) in [5.41, 5.74) is 6.76. The van der Waals surface area contributed by atoms with E-state index in [9.17, 15) is 9.59 Å². The summed E-state index contributed by atoms with van der Waals surface area (Å²) in [5, 5.41) is 0. The maximum atomic E-state index is 12.2. The van der Waals surface area contributed by atoms with Gasteiger partial charge in [-0.1, -0.05) is 48.6 Å². The smallest absolute Gasteiger partial charge is 0.414 e. The lowest BCUT2D eigenvalue weighted by atomic mass is 9.98. The summed E-state index contributed by atoms with van der Waals surface area (Å²) in [6, 6.07) is 15.9. The third-order valence-electron chi connectivity index (χ3n) is 9.63. The van der Waals surface area contributed by atoms with Gasteiger partial charge in [0.15, 0.2) is 0 Å². The van der Waals surface area contributed by atoms with Crippen molar-refractivity contribution in [1.82, 2.24) is 29.7 Å². The number of aromatic nitrogens is 4. The zero-order valence-corrected chi connectivity index (χ0v) is 34.0. The van der Waals surface area contributed by atoms with Crippen molar-refractivity contribution < 1.29 is 28.5 Å². The molecule has 2 aromatic carbocycles. The molecule has 0 N–H and O–H groups in total. The maximum Gasteiger partial charge on any atom is 0.414 e. The first-order chi connectivity index (χ1) is 27.7. The Labute approximate surface area is 339 Å². The number of ether oxygens (including phenoxy) is 4. The van der Waals surface area contributed by atoms with E-state index < -0.39 is 11.2 Å². The van der Waals surface area contributed by atoms with Gasteiger partial charge in [0.1, 0.15) is 35.4 Å². The third kappa shape index (κ3) is 10.6. The molecule has 0 radical (unpaired) electrons. The molecule has 2 aromatic heterocycles. The van der Waals surface area contributed by atoms with E-state index in [1.165, 1.54) is 34.9 Å². The molecule has 4 aromatic rings. The number of carbonyl (C=O) groups is 2. The first kappa shape index (κ1) is 39.9. The molecule has 0 saturated heterocycles. The van der Waals surface area contributed by atoms with Gasteiger partial charge in [-0.05, 0) is 119 Å². The highest BCUT2D eigenvalue weighted by atomic mass is 16.6. The Bertz CT molecular complexity index is 2280. The lowest BCUT2D eigenvalue weighted by Crippen LogP contribution is -2.39. The molecule has 0 bridgehead atoms. The lowest BCUT2D eigenvalue weighted by molar-refractivity contribution is 0.0268. The Balaban J connectivity index is 0.000000177. The SMILES string of the molecule is CC(C)(C)OC(=O)N1C=CC(c2cc(Oc3ccc4c(c3)C=CC4)ncn2)CC1.CC(C)(C)OC(=O)N1CC=C(c2cc(Oc3ccc4c(c3)C=CC4)ncn2)CC1. The van der Waals surface area contributed by atoms with Crippen LogP contribution in [0.5, 0.6) is 23.3 Å². The highest BCUT2D eigenvalue weighted by molar-refractivity contribution is 5.72. The summed E-state index contributed by atoms with van der Waals surface area (Å²) in [4.78, 5) is 45.0. The molecule has 12 heteroatoms. The predicted molar refractivity (Wildman–Crippen MR) is 222 cm³/mol. The molecule has 2 amide bonds. The summed E-state index contributed by atoms with van der Waals surface area (Å²) in [5.74, 6) is 2.64. The van der Waals surface area contributed by atoms with Crippen LogP contribution in [0, 0.1) is 0 Å². The first-order valence-electron chi connectivity index (χ1n) is 19.7. The van der Waals surface area contributed by atoms with Gasteiger partial charge < -0.3 is 23.8 Å². The van der Waals surface area contributed by atoms with Gasteiger partial charge in [0, 0.05) is 43.9 Å². The van der Waals surface area contributed by atoms with Crippen molar-refractivity contribution >= 4 is 29.9 Å². The molecule has 2 aliphatic carbocycles. The average Bonchev–Trinajstić information content (AvgIpc) is 3.87. The van der Waals surface area contributed by atoms with E-state index in [4.69, 9.17) is 18.9 Å². The average molecular weight is 783 g/mol. The second kappa shape index (κ2) is 17.1. The molecule has 8 rings (SSSR count). The number of allylic oxidation sites excluding steroid dienone is 3. The van der Waals surface area contributed by atoms with Gasteiger partial charge in [-0.3, -0.25) is 4.90 Å². The fraction of sp³-hybridized carbons (Fsp3) is 0.348. The highest BCUT2D eigenvalue weighted by Crippen LogP contribution is 2.32. The largest absolute Gasteiger partial charge is 0.444 e. The van der Waals surface area contributed by atoms with Crippen LogP contribution in [0.2, 0.25) is 0 Å². The topological polar surface area (TPSA) is 129 Å². The molecule has 0 fully saturated rings. The van der Waals surface area contributed by atoms with Crippen LogP contribution in [0.25, 0.3) is 17.7 Å². The number of fused-ring (bicyclic) bond motifs is 2. The van der Waals surface area contributed by atoms with E-state index in [1.807, 2.05) is 90.1 Å². The fourth-order valence-electron chi connectivity index (χ4n) is 6.78. The van der Waals surface area contributed by atoms with Crippen molar-refractivity contribution in [2.45, 2.75) is 84.3 Å². The van der Waals surface area contributed by atoms with Gasteiger partial charge in [0.05, 0.1) is 11.4 Å². The number of carbonyl (C=O) groups excluding carboxylic acids is 2. The number of rotatable bonds is 6. The molecule has 4 heterocycles. The molecule has 58 heavy (non-hydrogen) atoms. The van der Waals surface area contributed by atoms with Crippen molar-refractivity contribution in [2.24, 2.45) is 0 Å². The molecule has 0 saturated carbocycles. The first-order valence-corrected chi connectivity index (χ1v) is 19.7. The molecule has 1 atom stereocenters. The Kier molecular flexibility index (Phi) is 11.7. The zero-order chi connectivity index (χ0) is 40.9. The maximum absolute atomic E-state index is 12.2. The molecular formula is C46H50N6O6. The summed E-state index contributed by atoms with van der Waals surface area (Å²) in [6.45, 7) is 12.9. The van der Waals surface area contributed by atoms with Crippen molar-refractivity contribution in [3.05, 3.63) is 125 Å². The van der Waals surface area contributed by atoms with E-state index in [0.29, 0.717) is 37.8 Å². The van der Waals surface area contributed by atoms with Crippen LogP contribution in [-0.2, 0) is 22.3 Å². The van der Waals surface area contributed by atoms with Gasteiger partial charge in [0.25, 0.3) is 0 Å². The van der Waals surface area contributed by atoms with Crippen molar-refractivity contribution in [3.8, 4) is 23.3 Å². The van der Waals surface area contributed by atoms with Crippen LogP contribution in [0.3, 0.4) is 0 Å². The van der Waals surface area contributed by atoms with E-state index in [1.54, 1.807) is 16.0 Å². The van der Waals surface area contributed by atoms with Gasteiger partial charge in [-0.15, -0.1) is 0 Å². The number of nitrogens with zero attached hydrogens (tertiary/aromatic N) is 6. The van der Waals surface area contributed by atoms with Gasteiger partial charge >= 0.3 is 12.2 Å². The Hall–Kier alpha value is -6.30. The minimum atomic E-state index is -0.506. The quantitative estimate of drug-likeness (QED) is 0.186. The van der Waals surface area contributed by atoms with Gasteiger partial charge in [-0.25, -0.2) is 29.5 Å². The van der Waals surface area contributed by atoms with Crippen LogP contribution in [-0.4, -0.2) is 72.8 Å². The van der Waals surface area contributed by atoms with Crippen LogP contribution < -0.4 is 9.47 Å². The van der Waals surface area contributed by atoms with E-state index >= 15 is 0 Å². The van der Waals surface area contributed by atoms with E-state index in [2.05, 4.69) is 56.4 Å². The van der Waals surface area contributed by atoms with Gasteiger partial charge in [-0.2, -0.15) is 0 Å². The Morgan fingerprint density at radius 3 is 1.88 bits per heavy atom. The molecule has 0 spiro atoms. The van der Waals surface area contributed by atoms with Crippen LogP contribution >= 0.6 is 0 Å². The molecule has 2 aliphatic heterocycles. The van der Waals surface area contributed by atoms with Crippen LogP contribution in [0.15, 0.2) is 91.7 Å². The minimum absolute atomic E-state index is 0.0991. The minimum Gasteiger partial charge on any atom is -0.444 e. The van der Waals surface area contributed by atoms with Crippen LogP contribution in [0.4, 0.5) is 9.59 Å². The van der Waals surface area contributed by atoms with E-state index in [0.717, 1.165) is 47.7 Å². The van der Waals surface area contributed by atoms with Crippen molar-refractivity contribution in [3.63, 3.8) is 0 Å². The number of hydrogen-bond donors (Lipinski definition) is 0. The zero-order valence-electron chi connectivity index (χ0n) is 34.0. The van der Waals surface area contributed by atoms with Crippen LogP contribution in [0.1, 0.15) is 93.9 Å². The second-order valence-corrected chi connectivity index (χ2v) is 16.5. The normalized spacial score (nSPS) is 16.8. The lowest BCUT2D eigenvalue weighted by Gasteiger charge is -2.29. The molecule has 1 unspecified atom stereocenters. The number of benzene rings is 2. The standard InChI is InChI=1S/2C23H25N3O3/c2*1-23(2,3)29-22(27)26-11-9-17(10-12-26)20-14-21(25-15-24-20)28-19-8-7-16-5-4-6-18(16)13-19/h4,6-9,13-15H,5,10-12H2,1-3H3;4,6-9,11,13-15,17H,5,10,12H2,1-3H3. The third-order valence-corrected chi connectivity index (χ3v) is 9.63. The second-order valence-electron chi connectivity index (χ2n) is 16.5. The number of hydrogen-bond acceptors (Lipinski definition) is 10. The fourth-order valence-corrected chi connectivity index (χ4v) is 6.78. The Morgan fingerprint density at radius 2 is 1.31 bits per heavy atom. The summed E-state index contributed by atoms with van der Waals surface area (Å²) in [7, 11) is 0. The van der Waals surface area contributed by atoms with Crippen molar-refractivity contribution in [2.75, 3.05) is 19.6 Å². The molecule has 300 valence electrons. The predicted octanol–water partition coefficient (Wildman–Crippen LogP) is 9.94. The summed E-state index contributed by atoms with van der Waals surface area (Å²) in [6.07, 6.45) is 20.1. The van der Waals surface area contributed by atoms with E-state index in [-0.39, 0.29) is 18.1 Å². The van der Waals surface area contributed by atoms with Crippen molar-refractivity contribution in [1.29, 1.82) is 0 Å². The Morgan fingerprint density at radius 1 is 0.707 bits per heavy atom. The summed E-state index contributed by atoms with van der Waals surface area (Å²) >= 11 is 0. The summed E-state index contributed by atoms with van der Waals surface area (Å²) < 4.78 is 22.8. The van der Waals surface area contributed by atoms with Gasteiger partial charge in [0.2, 0.25) is 11.8 Å². The molecule has 4 aliphatic rings.